The molecule has 0 N–H and O–H groups in total. The maximum absolute atomic E-state index is 5.52. The summed E-state index contributed by atoms with van der Waals surface area (Å²) in [5.41, 5.74) is 20.3. The lowest BCUT2D eigenvalue weighted by Crippen LogP contribution is -2.25. The maximum atomic E-state index is 5.52. The van der Waals surface area contributed by atoms with Crippen molar-refractivity contribution in [1.29, 1.82) is 0 Å². The van der Waals surface area contributed by atoms with Crippen LogP contribution in [-0.4, -0.2) is 15.0 Å². The molecule has 1 spiro atoms. The molecule has 9 aromatic rings. The Morgan fingerprint density at radius 3 is 1.43 bits per heavy atom. The van der Waals surface area contributed by atoms with E-state index < -0.39 is 5.41 Å². The molecule has 0 fully saturated rings. The number of benzene rings is 8. The Morgan fingerprint density at radius 1 is 0.348 bits per heavy atom. The zero-order valence-corrected chi connectivity index (χ0v) is 37.9. The van der Waals surface area contributed by atoms with Crippen LogP contribution in [-0.2, 0) is 5.41 Å². The van der Waals surface area contributed by atoms with Crippen molar-refractivity contribution < 1.29 is 0 Å². The van der Waals surface area contributed by atoms with Crippen LogP contribution in [0.3, 0.4) is 0 Å². The van der Waals surface area contributed by atoms with E-state index in [9.17, 15) is 0 Å². The van der Waals surface area contributed by atoms with Crippen molar-refractivity contribution in [2.24, 2.45) is 0 Å². The number of fused-ring (bicyclic) bond motifs is 10. The standard InChI is InChI=1S/C66H45N3/c1-2-8-22-44(21-7-1)49-37-51(46-25-11-5-12-26-46)41-53(39-49)64-67-63(68-65(69-64)54-40-50(45-23-9-3-4-10-24-45)38-52(42-54)47-27-13-6-14-28-47)48-35-36-58-57-31-17-20-34-61(57)66(62(58)43-48)59-32-18-15-29-55(59)56-30-16-19-33-60(56)66/h1-3,5-44H,4H2. The highest BCUT2D eigenvalue weighted by molar-refractivity contribution is 5.96. The van der Waals surface area contributed by atoms with Gasteiger partial charge in [0.05, 0.1) is 5.41 Å². The molecule has 4 aliphatic rings. The monoisotopic (exact) mass is 879 g/mol. The van der Waals surface area contributed by atoms with Crippen molar-refractivity contribution in [3.63, 3.8) is 0 Å². The summed E-state index contributed by atoms with van der Waals surface area (Å²) in [7, 11) is 0. The van der Waals surface area contributed by atoms with Gasteiger partial charge < -0.3 is 0 Å². The van der Waals surface area contributed by atoms with Crippen LogP contribution in [0.15, 0.2) is 255 Å². The Morgan fingerprint density at radius 2 is 0.826 bits per heavy atom. The van der Waals surface area contributed by atoms with Crippen molar-refractivity contribution in [2.75, 3.05) is 0 Å². The molecule has 0 amide bonds. The lowest BCUT2D eigenvalue weighted by atomic mass is 9.70. The third-order valence-corrected chi connectivity index (χ3v) is 14.2. The van der Waals surface area contributed by atoms with Crippen molar-refractivity contribution in [2.45, 2.75) is 17.8 Å². The summed E-state index contributed by atoms with van der Waals surface area (Å²) < 4.78 is 0. The summed E-state index contributed by atoms with van der Waals surface area (Å²) in [5, 5.41) is 0. The molecule has 0 radical (unpaired) electrons. The van der Waals surface area contributed by atoms with Gasteiger partial charge in [-0.15, -0.1) is 0 Å². The fourth-order valence-electron chi connectivity index (χ4n) is 11.0. The topological polar surface area (TPSA) is 38.7 Å². The highest BCUT2D eigenvalue weighted by Gasteiger charge is 2.51. The largest absolute Gasteiger partial charge is 0.208 e. The van der Waals surface area contributed by atoms with Crippen LogP contribution < -0.4 is 0 Å². The fourth-order valence-corrected chi connectivity index (χ4v) is 11.0. The maximum Gasteiger partial charge on any atom is 0.164 e. The van der Waals surface area contributed by atoms with Crippen molar-refractivity contribution in [1.82, 2.24) is 15.0 Å². The van der Waals surface area contributed by atoms with E-state index >= 15 is 0 Å². The normalized spacial score (nSPS) is 14.8. The molecule has 3 heteroatoms. The van der Waals surface area contributed by atoms with E-state index in [0.29, 0.717) is 17.5 Å². The van der Waals surface area contributed by atoms with Crippen LogP contribution in [0.5, 0.6) is 0 Å². The van der Waals surface area contributed by atoms with Crippen molar-refractivity contribution >= 4 is 5.57 Å². The second kappa shape index (κ2) is 16.8. The van der Waals surface area contributed by atoms with Gasteiger partial charge >= 0.3 is 0 Å². The van der Waals surface area contributed by atoms with Crippen LogP contribution in [0.25, 0.3) is 84.2 Å². The lowest BCUT2D eigenvalue weighted by Gasteiger charge is -2.30. The predicted octanol–water partition coefficient (Wildman–Crippen LogP) is 16.2. The van der Waals surface area contributed by atoms with E-state index in [1.54, 1.807) is 0 Å². The summed E-state index contributed by atoms with van der Waals surface area (Å²) in [5.74, 6) is 1.92. The quantitative estimate of drug-likeness (QED) is 0.160. The molecule has 0 saturated carbocycles. The molecular weight excluding hydrogens is 835 g/mol. The molecular formula is C66H45N3. The summed E-state index contributed by atoms with van der Waals surface area (Å²) in [6.07, 6.45) is 24.8. The molecule has 0 unspecified atom stereocenters. The van der Waals surface area contributed by atoms with Gasteiger partial charge in [-0.3, -0.25) is 0 Å². The summed E-state index contributed by atoms with van der Waals surface area (Å²) in [6.45, 7) is 0. The smallest absolute Gasteiger partial charge is 0.164 e. The van der Waals surface area contributed by atoms with Crippen LogP contribution in [0, 0.1) is 0 Å². The third kappa shape index (κ3) is 6.93. The lowest BCUT2D eigenvalue weighted by molar-refractivity contribution is 0.794. The second-order valence-corrected chi connectivity index (χ2v) is 18.2. The van der Waals surface area contributed by atoms with Crippen LogP contribution in [0.4, 0.5) is 0 Å². The number of hydrogen-bond donors (Lipinski definition) is 0. The molecule has 324 valence electrons. The first-order valence-corrected chi connectivity index (χ1v) is 23.9. The van der Waals surface area contributed by atoms with E-state index in [4.69, 9.17) is 15.0 Å². The average molecular weight is 880 g/mol. The van der Waals surface area contributed by atoms with Gasteiger partial charge in [-0.1, -0.05) is 218 Å². The van der Waals surface area contributed by atoms with E-state index in [0.717, 1.165) is 62.1 Å². The first kappa shape index (κ1) is 40.5. The molecule has 13 rings (SSSR count). The van der Waals surface area contributed by atoms with Crippen molar-refractivity contribution in [3.8, 4) is 78.7 Å². The second-order valence-electron chi connectivity index (χ2n) is 18.2. The Balaban J connectivity index is 1.07. The van der Waals surface area contributed by atoms with Gasteiger partial charge in [0.25, 0.3) is 0 Å². The number of hydrogen-bond acceptors (Lipinski definition) is 3. The summed E-state index contributed by atoms with van der Waals surface area (Å²) in [6, 6.07) is 68.5. The zero-order chi connectivity index (χ0) is 45.7. The van der Waals surface area contributed by atoms with Crippen molar-refractivity contribution in [3.05, 3.63) is 288 Å². The molecule has 0 bridgehead atoms. The SMILES string of the molecule is C1=CC=CC(c2cc(-c3ccccc3)cc(-c3nc(-c4cc(C5=CC=CCC=C5)cc(-c5ccccc5)c4)nc(-c4ccc5c(c4)C4(c6ccccc6-c6ccccc64)c4ccccc4-5)n3)c2)C=C1. The van der Waals surface area contributed by atoms with Crippen LogP contribution >= 0.6 is 0 Å². The predicted molar refractivity (Wildman–Crippen MR) is 284 cm³/mol. The number of allylic oxidation sites excluding steroid dienone is 12. The highest BCUT2D eigenvalue weighted by atomic mass is 15.0. The molecule has 0 atom stereocenters. The van der Waals surface area contributed by atoms with Crippen LogP contribution in [0.1, 0.15) is 45.7 Å². The minimum absolute atomic E-state index is 0.0648. The summed E-state index contributed by atoms with van der Waals surface area (Å²) in [4.78, 5) is 16.5. The minimum atomic E-state index is -0.505. The van der Waals surface area contributed by atoms with Gasteiger partial charge in [0.2, 0.25) is 0 Å². The Kier molecular flexibility index (Phi) is 9.87. The van der Waals surface area contributed by atoms with Gasteiger partial charge in [0.15, 0.2) is 17.5 Å². The zero-order valence-electron chi connectivity index (χ0n) is 37.9. The molecule has 8 aromatic carbocycles. The van der Waals surface area contributed by atoms with E-state index in [-0.39, 0.29) is 5.92 Å². The van der Waals surface area contributed by atoms with Gasteiger partial charge in [-0.25, -0.2) is 15.0 Å². The number of rotatable bonds is 7. The fraction of sp³-hybridized carbons (Fsp3) is 0.0455. The Labute approximate surface area is 403 Å². The highest BCUT2D eigenvalue weighted by Crippen LogP contribution is 2.63. The number of nitrogens with zero attached hydrogens (tertiary/aromatic N) is 3. The van der Waals surface area contributed by atoms with Gasteiger partial charge in [-0.05, 0) is 126 Å². The molecule has 1 heterocycles. The van der Waals surface area contributed by atoms with Gasteiger partial charge in [-0.2, -0.15) is 0 Å². The molecule has 1 aromatic heterocycles. The molecule has 69 heavy (non-hydrogen) atoms. The average Bonchev–Trinajstić information content (AvgIpc) is 3.58. The molecule has 0 aliphatic heterocycles. The first-order chi connectivity index (χ1) is 34.2. The Hall–Kier alpha value is -8.79. The molecule has 0 saturated heterocycles. The van der Waals surface area contributed by atoms with E-state index in [2.05, 4.69) is 255 Å². The van der Waals surface area contributed by atoms with Gasteiger partial charge in [0, 0.05) is 22.6 Å². The minimum Gasteiger partial charge on any atom is -0.208 e. The number of aromatic nitrogens is 3. The summed E-state index contributed by atoms with van der Waals surface area (Å²) >= 11 is 0. The van der Waals surface area contributed by atoms with E-state index in [1.165, 1.54) is 44.5 Å². The first-order valence-electron chi connectivity index (χ1n) is 23.9. The molecule has 4 aliphatic carbocycles. The van der Waals surface area contributed by atoms with E-state index in [1.807, 2.05) is 0 Å². The third-order valence-electron chi connectivity index (χ3n) is 14.2. The Bertz CT molecular complexity index is 3620. The van der Waals surface area contributed by atoms with Crippen LogP contribution in [0.2, 0.25) is 0 Å². The van der Waals surface area contributed by atoms with Gasteiger partial charge in [0.1, 0.15) is 0 Å². The molecule has 3 nitrogen and oxygen atoms in total.